The van der Waals surface area contributed by atoms with Crippen molar-refractivity contribution in [2.75, 3.05) is 20.3 Å². The number of piperidine rings is 1. The van der Waals surface area contributed by atoms with Crippen LogP contribution in [0.1, 0.15) is 32.6 Å². The zero-order valence-corrected chi connectivity index (χ0v) is 8.68. The largest absolute Gasteiger partial charge is 0.388 e. The SMILES string of the molecule is COCCC(C)(O)C1CCCCN1. The summed E-state index contributed by atoms with van der Waals surface area (Å²) in [6, 6.07) is 0.247. The first-order valence-corrected chi connectivity index (χ1v) is 5.11. The standard InChI is InChI=1S/C10H21NO2/c1-10(12,6-8-13-2)9-5-3-4-7-11-9/h9,11-12H,3-8H2,1-2H3. The normalized spacial score (nSPS) is 28.4. The Bertz CT molecular complexity index is 142. The molecule has 0 amide bonds. The predicted octanol–water partition coefficient (Wildman–Crippen LogP) is 0.916. The monoisotopic (exact) mass is 187 g/mol. The molecule has 3 nitrogen and oxygen atoms in total. The summed E-state index contributed by atoms with van der Waals surface area (Å²) < 4.78 is 4.98. The van der Waals surface area contributed by atoms with Gasteiger partial charge in [-0.25, -0.2) is 0 Å². The average molecular weight is 187 g/mol. The lowest BCUT2D eigenvalue weighted by Crippen LogP contribution is -2.51. The lowest BCUT2D eigenvalue weighted by atomic mass is 9.87. The number of hydrogen-bond acceptors (Lipinski definition) is 3. The Kier molecular flexibility index (Phi) is 4.16. The molecular weight excluding hydrogens is 166 g/mol. The highest BCUT2D eigenvalue weighted by Gasteiger charge is 2.31. The van der Waals surface area contributed by atoms with E-state index < -0.39 is 5.60 Å². The van der Waals surface area contributed by atoms with Crippen LogP contribution in [0.4, 0.5) is 0 Å². The third-order valence-electron chi connectivity index (χ3n) is 2.87. The van der Waals surface area contributed by atoms with Gasteiger partial charge in [-0.05, 0) is 26.3 Å². The number of hydrogen-bond donors (Lipinski definition) is 2. The van der Waals surface area contributed by atoms with E-state index in [0.29, 0.717) is 13.0 Å². The minimum atomic E-state index is -0.615. The molecule has 2 unspecified atom stereocenters. The van der Waals surface area contributed by atoms with Crippen molar-refractivity contribution in [3.05, 3.63) is 0 Å². The maximum atomic E-state index is 10.1. The predicted molar refractivity (Wildman–Crippen MR) is 52.8 cm³/mol. The van der Waals surface area contributed by atoms with Crippen molar-refractivity contribution in [2.24, 2.45) is 0 Å². The summed E-state index contributed by atoms with van der Waals surface area (Å²) in [5.41, 5.74) is -0.615. The van der Waals surface area contributed by atoms with Crippen molar-refractivity contribution in [2.45, 2.75) is 44.2 Å². The zero-order valence-electron chi connectivity index (χ0n) is 8.68. The topological polar surface area (TPSA) is 41.5 Å². The lowest BCUT2D eigenvalue weighted by Gasteiger charge is -2.36. The molecule has 1 heterocycles. The number of methoxy groups -OCH3 is 1. The van der Waals surface area contributed by atoms with E-state index in [-0.39, 0.29) is 6.04 Å². The molecule has 0 aliphatic carbocycles. The van der Waals surface area contributed by atoms with Gasteiger partial charge in [-0.2, -0.15) is 0 Å². The van der Waals surface area contributed by atoms with Gasteiger partial charge in [0.05, 0.1) is 5.60 Å². The Labute approximate surface area is 80.5 Å². The van der Waals surface area contributed by atoms with Crippen molar-refractivity contribution in [1.82, 2.24) is 5.32 Å². The van der Waals surface area contributed by atoms with Gasteiger partial charge in [0, 0.05) is 26.2 Å². The second-order valence-electron chi connectivity index (χ2n) is 4.10. The molecule has 1 rings (SSSR count). The molecule has 1 saturated heterocycles. The number of aliphatic hydroxyl groups is 1. The van der Waals surface area contributed by atoms with Crippen LogP contribution in [0, 0.1) is 0 Å². The second-order valence-corrected chi connectivity index (χ2v) is 4.10. The Morgan fingerprint density at radius 3 is 2.85 bits per heavy atom. The zero-order chi connectivity index (χ0) is 9.73. The van der Waals surface area contributed by atoms with Crippen molar-refractivity contribution >= 4 is 0 Å². The van der Waals surface area contributed by atoms with Gasteiger partial charge in [0.2, 0.25) is 0 Å². The van der Waals surface area contributed by atoms with Gasteiger partial charge in [-0.3, -0.25) is 0 Å². The molecule has 1 aliphatic rings. The van der Waals surface area contributed by atoms with Gasteiger partial charge in [0.1, 0.15) is 0 Å². The van der Waals surface area contributed by atoms with E-state index in [1.165, 1.54) is 12.8 Å². The molecule has 0 aromatic rings. The third kappa shape index (κ3) is 3.25. The van der Waals surface area contributed by atoms with Crippen LogP contribution in [0.15, 0.2) is 0 Å². The highest BCUT2D eigenvalue weighted by Crippen LogP contribution is 2.21. The van der Waals surface area contributed by atoms with Gasteiger partial charge in [0.15, 0.2) is 0 Å². The molecule has 0 aromatic carbocycles. The van der Waals surface area contributed by atoms with Crippen LogP contribution in [0.25, 0.3) is 0 Å². The summed E-state index contributed by atoms with van der Waals surface area (Å²) in [4.78, 5) is 0. The minimum Gasteiger partial charge on any atom is -0.388 e. The van der Waals surface area contributed by atoms with E-state index >= 15 is 0 Å². The molecule has 1 fully saturated rings. The summed E-state index contributed by atoms with van der Waals surface area (Å²) in [6.07, 6.45) is 4.25. The summed E-state index contributed by atoms with van der Waals surface area (Å²) in [5.74, 6) is 0. The van der Waals surface area contributed by atoms with Crippen molar-refractivity contribution in [3.8, 4) is 0 Å². The molecule has 0 bridgehead atoms. The van der Waals surface area contributed by atoms with Crippen LogP contribution in [0.3, 0.4) is 0 Å². The number of ether oxygens (including phenoxy) is 1. The molecule has 0 saturated carbocycles. The molecule has 13 heavy (non-hydrogen) atoms. The average Bonchev–Trinajstić information content (AvgIpc) is 2.16. The fraction of sp³-hybridized carbons (Fsp3) is 1.00. The van der Waals surface area contributed by atoms with Gasteiger partial charge in [0.25, 0.3) is 0 Å². The molecule has 0 spiro atoms. The van der Waals surface area contributed by atoms with Crippen LogP contribution in [-0.2, 0) is 4.74 Å². The van der Waals surface area contributed by atoms with E-state index in [4.69, 9.17) is 4.74 Å². The van der Waals surface area contributed by atoms with E-state index in [1.807, 2.05) is 6.92 Å². The first kappa shape index (κ1) is 11.0. The molecule has 1 aliphatic heterocycles. The fourth-order valence-corrected chi connectivity index (χ4v) is 1.87. The maximum Gasteiger partial charge on any atom is 0.0793 e. The van der Waals surface area contributed by atoms with E-state index in [9.17, 15) is 5.11 Å². The Morgan fingerprint density at radius 2 is 2.31 bits per heavy atom. The van der Waals surface area contributed by atoms with Crippen molar-refractivity contribution < 1.29 is 9.84 Å². The Hall–Kier alpha value is -0.120. The summed E-state index contributed by atoms with van der Waals surface area (Å²) in [7, 11) is 1.67. The quantitative estimate of drug-likeness (QED) is 0.687. The first-order chi connectivity index (χ1) is 6.17. The van der Waals surface area contributed by atoms with Crippen molar-refractivity contribution in [1.29, 1.82) is 0 Å². The molecule has 0 radical (unpaired) electrons. The maximum absolute atomic E-state index is 10.1. The van der Waals surface area contributed by atoms with Crippen LogP contribution >= 0.6 is 0 Å². The van der Waals surface area contributed by atoms with E-state index in [0.717, 1.165) is 13.0 Å². The molecule has 0 aromatic heterocycles. The summed E-state index contributed by atoms with van der Waals surface area (Å²) >= 11 is 0. The minimum absolute atomic E-state index is 0.247. The van der Waals surface area contributed by atoms with Gasteiger partial charge in [-0.15, -0.1) is 0 Å². The van der Waals surface area contributed by atoms with Crippen LogP contribution in [0.2, 0.25) is 0 Å². The third-order valence-corrected chi connectivity index (χ3v) is 2.87. The van der Waals surface area contributed by atoms with Crippen LogP contribution in [-0.4, -0.2) is 37.0 Å². The van der Waals surface area contributed by atoms with Crippen LogP contribution < -0.4 is 5.32 Å². The lowest BCUT2D eigenvalue weighted by molar-refractivity contribution is -0.0155. The Balaban J connectivity index is 2.36. The van der Waals surface area contributed by atoms with Crippen molar-refractivity contribution in [3.63, 3.8) is 0 Å². The van der Waals surface area contributed by atoms with Gasteiger partial charge < -0.3 is 15.2 Å². The van der Waals surface area contributed by atoms with Gasteiger partial charge in [-0.1, -0.05) is 6.42 Å². The molecule has 2 N–H and O–H groups in total. The smallest absolute Gasteiger partial charge is 0.0793 e. The fourth-order valence-electron chi connectivity index (χ4n) is 1.87. The van der Waals surface area contributed by atoms with E-state index in [2.05, 4.69) is 5.32 Å². The Morgan fingerprint density at radius 1 is 1.54 bits per heavy atom. The molecule has 2 atom stereocenters. The number of nitrogens with one attached hydrogen (secondary N) is 1. The highest BCUT2D eigenvalue weighted by atomic mass is 16.5. The van der Waals surface area contributed by atoms with E-state index in [1.54, 1.807) is 7.11 Å². The molecule has 78 valence electrons. The molecule has 3 heteroatoms. The summed E-state index contributed by atoms with van der Waals surface area (Å²) in [5, 5.41) is 13.5. The number of rotatable bonds is 4. The summed E-state index contributed by atoms with van der Waals surface area (Å²) in [6.45, 7) is 3.56. The highest BCUT2D eigenvalue weighted by molar-refractivity contribution is 4.89. The molecular formula is C10H21NO2. The van der Waals surface area contributed by atoms with Crippen LogP contribution in [0.5, 0.6) is 0 Å². The second kappa shape index (κ2) is 4.94. The first-order valence-electron chi connectivity index (χ1n) is 5.11. The van der Waals surface area contributed by atoms with Gasteiger partial charge >= 0.3 is 0 Å².